The fraction of sp³-hybridized carbons (Fsp3) is 0.294. The van der Waals surface area contributed by atoms with E-state index in [-0.39, 0.29) is 5.41 Å². The number of alkyl halides is 2. The maximum absolute atomic E-state index is 3.74. The second-order valence-electron chi connectivity index (χ2n) is 5.13. The number of halogens is 3. The summed E-state index contributed by atoms with van der Waals surface area (Å²) in [5, 5.41) is 1.84. The first-order chi connectivity index (χ1) is 9.63. The highest BCUT2D eigenvalue weighted by molar-refractivity contribution is 9.10. The summed E-state index contributed by atoms with van der Waals surface area (Å²) in [5.41, 5.74) is 4.15. The van der Waals surface area contributed by atoms with Crippen molar-refractivity contribution in [3.63, 3.8) is 0 Å². The molecule has 2 rings (SSSR count). The maximum Gasteiger partial charge on any atom is 0.0213 e. The van der Waals surface area contributed by atoms with Gasteiger partial charge in [0.1, 0.15) is 0 Å². The van der Waals surface area contributed by atoms with Crippen molar-refractivity contribution in [2.24, 2.45) is 0 Å². The number of hydrogen-bond donors (Lipinski definition) is 0. The van der Waals surface area contributed by atoms with Crippen LogP contribution in [0.2, 0.25) is 0 Å². The molecule has 0 aliphatic heterocycles. The van der Waals surface area contributed by atoms with Crippen LogP contribution in [0.3, 0.4) is 0 Å². The van der Waals surface area contributed by atoms with Crippen LogP contribution in [0, 0.1) is 6.92 Å². The Morgan fingerprint density at radius 1 is 0.900 bits per heavy atom. The van der Waals surface area contributed by atoms with Gasteiger partial charge in [-0.1, -0.05) is 90.3 Å². The monoisotopic (exact) mass is 458 g/mol. The summed E-state index contributed by atoms with van der Waals surface area (Å²) >= 11 is 11.2. The fourth-order valence-electron chi connectivity index (χ4n) is 2.43. The second kappa shape index (κ2) is 7.24. The molecule has 0 nitrogen and oxygen atoms in total. The van der Waals surface area contributed by atoms with Gasteiger partial charge >= 0.3 is 0 Å². The van der Waals surface area contributed by atoms with Crippen LogP contribution in [0.15, 0.2) is 53.0 Å². The smallest absolute Gasteiger partial charge is 0.0213 e. The van der Waals surface area contributed by atoms with E-state index in [1.54, 1.807) is 0 Å². The minimum Gasteiger partial charge on any atom is -0.0918 e. The molecule has 0 saturated carbocycles. The third-order valence-corrected chi connectivity index (χ3v) is 6.59. The molecule has 0 N–H and O–H groups in total. The second-order valence-corrected chi connectivity index (χ2v) is 7.11. The molecule has 0 spiro atoms. The zero-order valence-corrected chi connectivity index (χ0v) is 16.1. The van der Waals surface area contributed by atoms with E-state index >= 15 is 0 Å². The van der Waals surface area contributed by atoms with Gasteiger partial charge in [0.25, 0.3) is 0 Å². The normalized spacial score (nSPS) is 11.6. The minimum atomic E-state index is 0.0478. The van der Waals surface area contributed by atoms with Crippen LogP contribution >= 0.6 is 47.8 Å². The molecular weight excluding hydrogens is 444 g/mol. The van der Waals surface area contributed by atoms with Crippen molar-refractivity contribution < 1.29 is 0 Å². The molecule has 0 radical (unpaired) electrons. The molecule has 0 aromatic heterocycles. The molecular formula is C17H17Br3. The highest BCUT2D eigenvalue weighted by Crippen LogP contribution is 2.37. The van der Waals surface area contributed by atoms with Gasteiger partial charge in [-0.15, -0.1) is 0 Å². The molecule has 0 amide bonds. The Kier molecular flexibility index (Phi) is 5.88. The molecule has 2 aromatic carbocycles. The van der Waals surface area contributed by atoms with Crippen molar-refractivity contribution in [3.8, 4) is 0 Å². The van der Waals surface area contributed by atoms with Gasteiger partial charge in [-0.2, -0.15) is 0 Å². The van der Waals surface area contributed by atoms with Crippen molar-refractivity contribution in [2.75, 3.05) is 10.7 Å². The van der Waals surface area contributed by atoms with Gasteiger partial charge in [0.05, 0.1) is 0 Å². The van der Waals surface area contributed by atoms with E-state index in [4.69, 9.17) is 0 Å². The van der Waals surface area contributed by atoms with Gasteiger partial charge in [-0.25, -0.2) is 0 Å². The summed E-state index contributed by atoms with van der Waals surface area (Å²) in [7, 11) is 0. The lowest BCUT2D eigenvalue weighted by atomic mass is 9.78. The maximum atomic E-state index is 3.74. The van der Waals surface area contributed by atoms with Crippen molar-refractivity contribution in [1.29, 1.82) is 0 Å². The Morgan fingerprint density at radius 3 is 2.10 bits per heavy atom. The lowest BCUT2D eigenvalue weighted by molar-refractivity contribution is 0.547. The van der Waals surface area contributed by atoms with Crippen LogP contribution in [-0.2, 0) is 11.8 Å². The Labute approximate surface area is 146 Å². The molecule has 0 fully saturated rings. The van der Waals surface area contributed by atoms with E-state index in [1.165, 1.54) is 21.2 Å². The van der Waals surface area contributed by atoms with Crippen LogP contribution in [0.4, 0.5) is 0 Å². The van der Waals surface area contributed by atoms with Crippen molar-refractivity contribution >= 4 is 47.8 Å². The number of benzene rings is 2. The molecule has 0 aliphatic rings. The Bertz CT molecular complexity index is 574. The molecule has 20 heavy (non-hydrogen) atoms. The van der Waals surface area contributed by atoms with Crippen LogP contribution in [0.1, 0.15) is 16.7 Å². The average Bonchev–Trinajstić information content (AvgIpc) is 2.48. The molecule has 3 heteroatoms. The molecule has 106 valence electrons. The topological polar surface area (TPSA) is 0 Å². The zero-order valence-electron chi connectivity index (χ0n) is 11.4. The van der Waals surface area contributed by atoms with Crippen LogP contribution in [-0.4, -0.2) is 10.7 Å². The van der Waals surface area contributed by atoms with E-state index in [2.05, 4.69) is 103 Å². The van der Waals surface area contributed by atoms with Crippen LogP contribution in [0.25, 0.3) is 0 Å². The first-order valence-electron chi connectivity index (χ1n) is 6.54. The van der Waals surface area contributed by atoms with E-state index < -0.39 is 0 Å². The van der Waals surface area contributed by atoms with E-state index in [0.29, 0.717) is 0 Å². The van der Waals surface area contributed by atoms with Crippen molar-refractivity contribution in [2.45, 2.75) is 18.8 Å². The Morgan fingerprint density at radius 2 is 1.50 bits per heavy atom. The highest BCUT2D eigenvalue weighted by Gasteiger charge is 2.32. The number of rotatable bonds is 5. The Balaban J connectivity index is 2.46. The van der Waals surface area contributed by atoms with Gasteiger partial charge in [0, 0.05) is 20.5 Å². The molecule has 0 bridgehead atoms. The SMILES string of the molecule is Cc1ccccc1CC(CBr)(CBr)c1ccccc1Br. The first kappa shape index (κ1) is 16.3. The fourth-order valence-corrected chi connectivity index (χ4v) is 5.07. The molecule has 0 unspecified atom stereocenters. The minimum absolute atomic E-state index is 0.0478. The quantitative estimate of drug-likeness (QED) is 0.478. The largest absolute Gasteiger partial charge is 0.0918 e. The van der Waals surface area contributed by atoms with Crippen molar-refractivity contribution in [1.82, 2.24) is 0 Å². The Hall–Kier alpha value is -0.120. The number of aryl methyl sites for hydroxylation is 1. The molecule has 0 heterocycles. The summed E-state index contributed by atoms with van der Waals surface area (Å²) in [4.78, 5) is 0. The van der Waals surface area contributed by atoms with Gasteiger partial charge in [-0.3, -0.25) is 0 Å². The van der Waals surface area contributed by atoms with Gasteiger partial charge in [0.2, 0.25) is 0 Å². The van der Waals surface area contributed by atoms with Gasteiger partial charge < -0.3 is 0 Å². The summed E-state index contributed by atoms with van der Waals surface area (Å²) in [6, 6.07) is 17.1. The summed E-state index contributed by atoms with van der Waals surface area (Å²) in [5.74, 6) is 0. The average molecular weight is 461 g/mol. The van der Waals surface area contributed by atoms with Gasteiger partial charge in [0.15, 0.2) is 0 Å². The summed E-state index contributed by atoms with van der Waals surface area (Å²) < 4.78 is 1.17. The predicted octanol–water partition coefficient (Wildman–Crippen LogP) is 6.03. The zero-order chi connectivity index (χ0) is 14.6. The van der Waals surface area contributed by atoms with Crippen molar-refractivity contribution in [3.05, 3.63) is 69.7 Å². The standard InChI is InChI=1S/C17H17Br3/c1-13-6-2-3-7-14(13)10-17(11-18,12-19)15-8-4-5-9-16(15)20/h2-9H,10-12H2,1H3. The number of hydrogen-bond acceptors (Lipinski definition) is 0. The van der Waals surface area contributed by atoms with E-state index in [0.717, 1.165) is 17.1 Å². The third-order valence-electron chi connectivity index (χ3n) is 3.75. The van der Waals surface area contributed by atoms with E-state index in [9.17, 15) is 0 Å². The highest BCUT2D eigenvalue weighted by atomic mass is 79.9. The lowest BCUT2D eigenvalue weighted by Crippen LogP contribution is -2.33. The lowest BCUT2D eigenvalue weighted by Gasteiger charge is -2.32. The molecule has 0 atom stereocenters. The van der Waals surface area contributed by atoms with Gasteiger partial charge in [-0.05, 0) is 36.1 Å². The molecule has 0 saturated heterocycles. The summed E-state index contributed by atoms with van der Waals surface area (Å²) in [6.45, 7) is 2.18. The summed E-state index contributed by atoms with van der Waals surface area (Å²) in [6.07, 6.45) is 1.01. The van der Waals surface area contributed by atoms with E-state index in [1.807, 2.05) is 0 Å². The third kappa shape index (κ3) is 3.37. The molecule has 2 aromatic rings. The van der Waals surface area contributed by atoms with Crippen LogP contribution < -0.4 is 0 Å². The molecule has 0 aliphatic carbocycles. The van der Waals surface area contributed by atoms with Crippen LogP contribution in [0.5, 0.6) is 0 Å². The predicted molar refractivity (Wildman–Crippen MR) is 98.3 cm³/mol. The first-order valence-corrected chi connectivity index (χ1v) is 9.58.